The van der Waals surface area contributed by atoms with Crippen molar-refractivity contribution in [2.45, 2.75) is 51.2 Å². The van der Waals surface area contributed by atoms with Crippen LogP contribution >= 0.6 is 0 Å². The second-order valence-electron chi connectivity index (χ2n) is 4.45. The van der Waals surface area contributed by atoms with Crippen molar-refractivity contribution >= 4 is 0 Å². The Balaban J connectivity index is 2.31. The van der Waals surface area contributed by atoms with Crippen molar-refractivity contribution in [1.82, 2.24) is 4.90 Å². The highest BCUT2D eigenvalue weighted by Crippen LogP contribution is 2.21. The Morgan fingerprint density at radius 1 is 1.27 bits per heavy atom. The van der Waals surface area contributed by atoms with Crippen LogP contribution < -0.4 is 0 Å². The molecule has 0 radical (unpaired) electrons. The molecular weight excluding hydrogens is 190 g/mol. The van der Waals surface area contributed by atoms with E-state index in [1.54, 1.807) is 0 Å². The fourth-order valence-electron chi connectivity index (χ4n) is 2.30. The Morgan fingerprint density at radius 2 is 2.00 bits per heavy atom. The summed E-state index contributed by atoms with van der Waals surface area (Å²) in [4.78, 5) is 2.26. The molecule has 2 atom stereocenters. The maximum atomic E-state index is 9.99. The van der Waals surface area contributed by atoms with E-state index < -0.39 is 0 Å². The second-order valence-corrected chi connectivity index (χ2v) is 4.45. The molecule has 2 unspecified atom stereocenters. The number of likely N-dealkylation sites (N-methyl/N-ethyl adjacent to an activating group) is 1. The summed E-state index contributed by atoms with van der Waals surface area (Å²) in [6, 6.07) is 0.341. The van der Waals surface area contributed by atoms with Crippen molar-refractivity contribution in [2.75, 3.05) is 26.8 Å². The molecule has 1 fully saturated rings. The minimum Gasteiger partial charge on any atom is -0.391 e. The first-order valence-corrected chi connectivity index (χ1v) is 6.21. The lowest BCUT2D eigenvalue weighted by Crippen LogP contribution is -2.42. The number of rotatable bonds is 5. The molecule has 0 spiro atoms. The SMILES string of the molecule is CCOCCN(C)C1CCCCCC1O. The Labute approximate surface area is 93.4 Å². The van der Waals surface area contributed by atoms with E-state index in [2.05, 4.69) is 11.9 Å². The van der Waals surface area contributed by atoms with Gasteiger partial charge in [-0.2, -0.15) is 0 Å². The van der Waals surface area contributed by atoms with Crippen LogP contribution in [0, 0.1) is 0 Å². The molecule has 0 aromatic heterocycles. The van der Waals surface area contributed by atoms with Gasteiger partial charge in [0.05, 0.1) is 12.7 Å². The number of ether oxygens (including phenoxy) is 1. The molecule has 90 valence electrons. The standard InChI is InChI=1S/C12H25NO2/c1-3-15-10-9-13(2)11-7-5-4-6-8-12(11)14/h11-12,14H,3-10H2,1-2H3. The number of nitrogens with zero attached hydrogens (tertiary/aromatic N) is 1. The van der Waals surface area contributed by atoms with Crippen molar-refractivity contribution in [3.05, 3.63) is 0 Å². The van der Waals surface area contributed by atoms with Crippen molar-refractivity contribution in [1.29, 1.82) is 0 Å². The van der Waals surface area contributed by atoms with E-state index in [-0.39, 0.29) is 6.10 Å². The predicted molar refractivity (Wildman–Crippen MR) is 62.0 cm³/mol. The average Bonchev–Trinajstić information content (AvgIpc) is 2.43. The maximum absolute atomic E-state index is 9.99. The van der Waals surface area contributed by atoms with E-state index >= 15 is 0 Å². The van der Waals surface area contributed by atoms with Crippen molar-refractivity contribution in [2.24, 2.45) is 0 Å². The molecule has 1 aliphatic carbocycles. The van der Waals surface area contributed by atoms with Gasteiger partial charge in [-0.3, -0.25) is 4.90 Å². The monoisotopic (exact) mass is 215 g/mol. The van der Waals surface area contributed by atoms with Crippen LogP contribution in [-0.4, -0.2) is 49.0 Å². The Morgan fingerprint density at radius 3 is 2.73 bits per heavy atom. The van der Waals surface area contributed by atoms with E-state index in [0.29, 0.717) is 6.04 Å². The molecule has 0 bridgehead atoms. The van der Waals surface area contributed by atoms with Crippen LogP contribution in [0.5, 0.6) is 0 Å². The summed E-state index contributed by atoms with van der Waals surface area (Å²) in [5.41, 5.74) is 0. The molecule has 1 saturated carbocycles. The lowest BCUT2D eigenvalue weighted by Gasteiger charge is -2.30. The highest BCUT2D eigenvalue weighted by atomic mass is 16.5. The Kier molecular flexibility index (Phi) is 6.22. The molecule has 1 aliphatic rings. The third kappa shape index (κ3) is 4.49. The van der Waals surface area contributed by atoms with Crippen LogP contribution in [-0.2, 0) is 4.74 Å². The highest BCUT2D eigenvalue weighted by molar-refractivity contribution is 4.79. The van der Waals surface area contributed by atoms with Gasteiger partial charge in [-0.15, -0.1) is 0 Å². The van der Waals surface area contributed by atoms with E-state index in [0.717, 1.165) is 32.6 Å². The van der Waals surface area contributed by atoms with Gasteiger partial charge in [0.2, 0.25) is 0 Å². The van der Waals surface area contributed by atoms with Gasteiger partial charge in [-0.25, -0.2) is 0 Å². The fraction of sp³-hybridized carbons (Fsp3) is 1.00. The van der Waals surface area contributed by atoms with Gasteiger partial charge in [0.15, 0.2) is 0 Å². The molecule has 0 saturated heterocycles. The van der Waals surface area contributed by atoms with Crippen LogP contribution in [0.4, 0.5) is 0 Å². The Hall–Kier alpha value is -0.120. The molecule has 1 rings (SSSR count). The quantitative estimate of drug-likeness (QED) is 0.559. The molecule has 15 heavy (non-hydrogen) atoms. The summed E-state index contributed by atoms with van der Waals surface area (Å²) in [5, 5.41) is 9.99. The van der Waals surface area contributed by atoms with Gasteiger partial charge in [-0.1, -0.05) is 19.3 Å². The van der Waals surface area contributed by atoms with Gasteiger partial charge in [0, 0.05) is 19.2 Å². The van der Waals surface area contributed by atoms with Crippen molar-refractivity contribution < 1.29 is 9.84 Å². The third-order valence-electron chi connectivity index (χ3n) is 3.30. The number of hydrogen-bond acceptors (Lipinski definition) is 3. The summed E-state index contributed by atoms with van der Waals surface area (Å²) in [6.07, 6.45) is 5.65. The largest absolute Gasteiger partial charge is 0.391 e. The molecule has 3 heteroatoms. The zero-order chi connectivity index (χ0) is 11.1. The van der Waals surface area contributed by atoms with E-state index in [1.165, 1.54) is 19.3 Å². The summed E-state index contributed by atoms with van der Waals surface area (Å²) < 4.78 is 5.34. The van der Waals surface area contributed by atoms with Crippen molar-refractivity contribution in [3.63, 3.8) is 0 Å². The van der Waals surface area contributed by atoms with Gasteiger partial charge >= 0.3 is 0 Å². The summed E-state index contributed by atoms with van der Waals surface area (Å²) >= 11 is 0. The lowest BCUT2D eigenvalue weighted by atomic mass is 10.1. The lowest BCUT2D eigenvalue weighted by molar-refractivity contribution is 0.0385. The van der Waals surface area contributed by atoms with E-state index in [4.69, 9.17) is 4.74 Å². The van der Waals surface area contributed by atoms with E-state index in [9.17, 15) is 5.11 Å². The smallest absolute Gasteiger partial charge is 0.0695 e. The summed E-state index contributed by atoms with van der Waals surface area (Å²) in [6.45, 7) is 4.49. The van der Waals surface area contributed by atoms with Crippen molar-refractivity contribution in [3.8, 4) is 0 Å². The van der Waals surface area contributed by atoms with Crippen LogP contribution in [0.2, 0.25) is 0 Å². The van der Waals surface area contributed by atoms with Crippen LogP contribution in [0.3, 0.4) is 0 Å². The highest BCUT2D eigenvalue weighted by Gasteiger charge is 2.24. The molecule has 3 nitrogen and oxygen atoms in total. The van der Waals surface area contributed by atoms with E-state index in [1.807, 2.05) is 6.92 Å². The Bertz CT molecular complexity index is 164. The molecule has 0 amide bonds. The molecule has 0 aliphatic heterocycles. The average molecular weight is 215 g/mol. The number of aliphatic hydroxyl groups excluding tert-OH is 1. The molecule has 0 aromatic carbocycles. The van der Waals surface area contributed by atoms with Gasteiger partial charge < -0.3 is 9.84 Å². The zero-order valence-corrected chi connectivity index (χ0v) is 10.1. The summed E-state index contributed by atoms with van der Waals surface area (Å²) in [7, 11) is 2.10. The fourth-order valence-corrected chi connectivity index (χ4v) is 2.30. The first kappa shape index (κ1) is 12.9. The topological polar surface area (TPSA) is 32.7 Å². The van der Waals surface area contributed by atoms with Gasteiger partial charge in [0.25, 0.3) is 0 Å². The minimum absolute atomic E-state index is 0.140. The van der Waals surface area contributed by atoms with Crippen LogP contribution in [0.1, 0.15) is 39.0 Å². The predicted octanol–water partition coefficient (Wildman–Crippen LogP) is 1.65. The maximum Gasteiger partial charge on any atom is 0.0695 e. The van der Waals surface area contributed by atoms with Gasteiger partial charge in [0.1, 0.15) is 0 Å². The normalized spacial score (nSPS) is 28.0. The first-order valence-electron chi connectivity index (χ1n) is 6.21. The minimum atomic E-state index is -0.140. The molecule has 0 aromatic rings. The molecule has 1 N–H and O–H groups in total. The summed E-state index contributed by atoms with van der Waals surface area (Å²) in [5.74, 6) is 0. The number of hydrogen-bond donors (Lipinski definition) is 1. The van der Waals surface area contributed by atoms with Crippen LogP contribution in [0.15, 0.2) is 0 Å². The van der Waals surface area contributed by atoms with Gasteiger partial charge in [-0.05, 0) is 26.8 Å². The second kappa shape index (κ2) is 7.20. The molecular formula is C12H25NO2. The number of aliphatic hydroxyl groups is 1. The van der Waals surface area contributed by atoms with Crippen LogP contribution in [0.25, 0.3) is 0 Å². The third-order valence-corrected chi connectivity index (χ3v) is 3.30. The zero-order valence-electron chi connectivity index (χ0n) is 10.1. The first-order chi connectivity index (χ1) is 7.25. The molecule has 0 heterocycles.